The highest BCUT2D eigenvalue weighted by molar-refractivity contribution is 5.12. The molecule has 186 valence electrons. The summed E-state index contributed by atoms with van der Waals surface area (Å²) in [6.45, 7) is 16.7. The van der Waals surface area contributed by atoms with Crippen molar-refractivity contribution in [2.24, 2.45) is 58.2 Å². The molecule has 0 aromatic carbocycles. The molecule has 0 radical (unpaired) electrons. The standard InChI is InChI=1S/C30H54O2/c1-8-21(19(2)3)13-18-30(7,32)27-12-11-24-22-9-10-23-20(4)26(31)15-17-28(23,5)25(22)14-16-29(24,27)6/h19-27,31-32H,8-18H2,1-7H3/t20-,21-,22-,23-,24-,25-,26-,27-,28-,29-,30-/m0/s1. The zero-order chi connectivity index (χ0) is 23.5. The summed E-state index contributed by atoms with van der Waals surface area (Å²) in [5.74, 6) is 5.56. The number of aliphatic hydroxyl groups excluding tert-OH is 1. The minimum Gasteiger partial charge on any atom is -0.393 e. The molecule has 0 aromatic heterocycles. The monoisotopic (exact) mass is 446 g/mol. The third-order valence-electron chi connectivity index (χ3n) is 12.4. The van der Waals surface area contributed by atoms with E-state index < -0.39 is 5.60 Å². The molecule has 0 aromatic rings. The summed E-state index contributed by atoms with van der Waals surface area (Å²) in [6.07, 6.45) is 13.4. The van der Waals surface area contributed by atoms with Crippen LogP contribution in [0.5, 0.6) is 0 Å². The smallest absolute Gasteiger partial charge is 0.0653 e. The van der Waals surface area contributed by atoms with Crippen molar-refractivity contribution in [1.29, 1.82) is 0 Å². The van der Waals surface area contributed by atoms with E-state index in [-0.39, 0.29) is 6.10 Å². The first-order chi connectivity index (χ1) is 15.0. The Morgan fingerprint density at radius 1 is 0.906 bits per heavy atom. The number of aliphatic hydroxyl groups is 2. The van der Waals surface area contributed by atoms with E-state index in [4.69, 9.17) is 0 Å². The van der Waals surface area contributed by atoms with E-state index in [1.54, 1.807) is 0 Å². The van der Waals surface area contributed by atoms with Crippen molar-refractivity contribution in [2.45, 2.75) is 131 Å². The van der Waals surface area contributed by atoms with Gasteiger partial charge < -0.3 is 10.2 Å². The molecule has 2 nitrogen and oxygen atoms in total. The SMILES string of the molecule is CC[C@@H](CC[C@](C)(O)[C@H]1CC[C@H]2[C@@H]3CC[C@H]4[C@H](C)[C@@H](O)CC[C@]4(C)[C@H]3CC[C@@]21C)C(C)C. The van der Waals surface area contributed by atoms with Gasteiger partial charge in [0.25, 0.3) is 0 Å². The Labute approximate surface area is 199 Å². The topological polar surface area (TPSA) is 40.5 Å². The summed E-state index contributed by atoms with van der Waals surface area (Å²) < 4.78 is 0. The van der Waals surface area contributed by atoms with Gasteiger partial charge in [0.05, 0.1) is 11.7 Å². The summed E-state index contributed by atoms with van der Waals surface area (Å²) >= 11 is 0. The molecule has 4 aliphatic rings. The molecule has 11 atom stereocenters. The van der Waals surface area contributed by atoms with E-state index in [0.717, 1.165) is 36.5 Å². The molecule has 0 unspecified atom stereocenters. The van der Waals surface area contributed by atoms with Gasteiger partial charge in [0.1, 0.15) is 0 Å². The van der Waals surface area contributed by atoms with Crippen molar-refractivity contribution < 1.29 is 10.2 Å². The molecule has 2 N–H and O–H groups in total. The van der Waals surface area contributed by atoms with Gasteiger partial charge in [0.2, 0.25) is 0 Å². The molecule has 0 aliphatic heterocycles. The number of hydrogen-bond acceptors (Lipinski definition) is 2. The second-order valence-electron chi connectivity index (χ2n) is 14.0. The highest BCUT2D eigenvalue weighted by Crippen LogP contribution is 2.69. The van der Waals surface area contributed by atoms with Crippen LogP contribution in [-0.2, 0) is 0 Å². The molecule has 4 rings (SSSR count). The summed E-state index contributed by atoms with van der Waals surface area (Å²) in [5.41, 5.74) is 0.214. The lowest BCUT2D eigenvalue weighted by molar-refractivity contribution is -0.159. The maximum Gasteiger partial charge on any atom is 0.0653 e. The van der Waals surface area contributed by atoms with Crippen molar-refractivity contribution in [3.8, 4) is 0 Å². The molecule has 4 aliphatic carbocycles. The van der Waals surface area contributed by atoms with Gasteiger partial charge in [-0.2, -0.15) is 0 Å². The fraction of sp³-hybridized carbons (Fsp3) is 1.00. The minimum absolute atomic E-state index is 0.0813. The predicted molar refractivity (Wildman–Crippen MR) is 134 cm³/mol. The lowest BCUT2D eigenvalue weighted by Crippen LogP contribution is -2.57. The lowest BCUT2D eigenvalue weighted by Gasteiger charge is -2.62. The highest BCUT2D eigenvalue weighted by atomic mass is 16.3. The molecule has 4 fully saturated rings. The van der Waals surface area contributed by atoms with Gasteiger partial charge >= 0.3 is 0 Å². The van der Waals surface area contributed by atoms with Crippen LogP contribution in [0.2, 0.25) is 0 Å². The van der Waals surface area contributed by atoms with Crippen LogP contribution >= 0.6 is 0 Å². The van der Waals surface area contributed by atoms with E-state index in [0.29, 0.717) is 34.5 Å². The minimum atomic E-state index is -0.525. The van der Waals surface area contributed by atoms with Crippen molar-refractivity contribution in [3.05, 3.63) is 0 Å². The van der Waals surface area contributed by atoms with Gasteiger partial charge in [-0.15, -0.1) is 0 Å². The van der Waals surface area contributed by atoms with Crippen LogP contribution in [0.4, 0.5) is 0 Å². The Morgan fingerprint density at radius 3 is 2.19 bits per heavy atom. The molecule has 0 heterocycles. The molecule has 0 spiro atoms. The van der Waals surface area contributed by atoms with Crippen molar-refractivity contribution in [2.75, 3.05) is 0 Å². The Bertz CT molecular complexity index is 655. The summed E-state index contributed by atoms with van der Waals surface area (Å²) in [6, 6.07) is 0. The first-order valence-corrected chi connectivity index (χ1v) is 14.4. The zero-order valence-corrected chi connectivity index (χ0v) is 22.4. The normalized spacial score (nSPS) is 49.1. The molecule has 0 amide bonds. The Morgan fingerprint density at radius 2 is 1.53 bits per heavy atom. The first-order valence-electron chi connectivity index (χ1n) is 14.4. The molecular weight excluding hydrogens is 392 g/mol. The Balaban J connectivity index is 1.50. The van der Waals surface area contributed by atoms with Gasteiger partial charge in [-0.25, -0.2) is 0 Å². The third-order valence-corrected chi connectivity index (χ3v) is 12.4. The summed E-state index contributed by atoms with van der Waals surface area (Å²) in [7, 11) is 0. The van der Waals surface area contributed by atoms with E-state index in [2.05, 4.69) is 48.5 Å². The fourth-order valence-electron chi connectivity index (χ4n) is 10.4. The van der Waals surface area contributed by atoms with Crippen LogP contribution in [0.25, 0.3) is 0 Å². The van der Waals surface area contributed by atoms with E-state index >= 15 is 0 Å². The second kappa shape index (κ2) is 8.85. The highest BCUT2D eigenvalue weighted by Gasteiger charge is 2.63. The largest absolute Gasteiger partial charge is 0.393 e. The molecule has 2 heteroatoms. The van der Waals surface area contributed by atoms with E-state index in [1.165, 1.54) is 57.8 Å². The van der Waals surface area contributed by atoms with Crippen molar-refractivity contribution in [3.63, 3.8) is 0 Å². The third kappa shape index (κ3) is 3.92. The van der Waals surface area contributed by atoms with Crippen LogP contribution in [-0.4, -0.2) is 21.9 Å². The van der Waals surface area contributed by atoms with Crippen molar-refractivity contribution >= 4 is 0 Å². The van der Waals surface area contributed by atoms with Gasteiger partial charge in [-0.05, 0) is 129 Å². The molecule has 0 saturated heterocycles. The zero-order valence-electron chi connectivity index (χ0n) is 22.4. The maximum absolute atomic E-state index is 11.8. The summed E-state index contributed by atoms with van der Waals surface area (Å²) in [4.78, 5) is 0. The van der Waals surface area contributed by atoms with E-state index in [1.807, 2.05) is 0 Å². The van der Waals surface area contributed by atoms with Gasteiger partial charge in [0, 0.05) is 0 Å². The van der Waals surface area contributed by atoms with Crippen LogP contribution in [0, 0.1) is 58.2 Å². The lowest BCUT2D eigenvalue weighted by atomic mass is 9.43. The van der Waals surface area contributed by atoms with Gasteiger partial charge in [0.15, 0.2) is 0 Å². The maximum atomic E-state index is 11.8. The van der Waals surface area contributed by atoms with Crippen LogP contribution in [0.3, 0.4) is 0 Å². The molecular formula is C30H54O2. The molecule has 0 bridgehead atoms. The predicted octanol–water partition coefficient (Wildman–Crippen LogP) is 7.47. The van der Waals surface area contributed by atoms with Crippen molar-refractivity contribution in [1.82, 2.24) is 0 Å². The first kappa shape index (κ1) is 25.0. The van der Waals surface area contributed by atoms with Gasteiger partial charge in [-0.1, -0.05) is 48.0 Å². The number of fused-ring (bicyclic) bond motifs is 5. The van der Waals surface area contributed by atoms with Gasteiger partial charge in [-0.3, -0.25) is 0 Å². The van der Waals surface area contributed by atoms with Crippen LogP contribution < -0.4 is 0 Å². The summed E-state index contributed by atoms with van der Waals surface area (Å²) in [5, 5.41) is 22.4. The average molecular weight is 447 g/mol. The number of rotatable bonds is 6. The fourth-order valence-corrected chi connectivity index (χ4v) is 10.4. The van der Waals surface area contributed by atoms with Crippen LogP contribution in [0.15, 0.2) is 0 Å². The van der Waals surface area contributed by atoms with Crippen LogP contribution in [0.1, 0.15) is 119 Å². The molecule has 32 heavy (non-hydrogen) atoms. The quantitative estimate of drug-likeness (QED) is 0.444. The Hall–Kier alpha value is -0.0800. The second-order valence-corrected chi connectivity index (χ2v) is 14.0. The average Bonchev–Trinajstić information content (AvgIpc) is 3.09. The Kier molecular flexibility index (Phi) is 6.92. The van der Waals surface area contributed by atoms with E-state index in [9.17, 15) is 10.2 Å². The number of hydrogen-bond donors (Lipinski definition) is 2. The molecule has 4 saturated carbocycles.